The second kappa shape index (κ2) is 7.56. The quantitative estimate of drug-likeness (QED) is 0.655. The van der Waals surface area contributed by atoms with E-state index in [1.54, 1.807) is 13.8 Å². The Bertz CT molecular complexity index is 869. The highest BCUT2D eigenvalue weighted by Gasteiger charge is 2.24. The lowest BCUT2D eigenvalue weighted by Gasteiger charge is -2.10. The van der Waals surface area contributed by atoms with E-state index in [1.165, 1.54) is 7.11 Å². The minimum atomic E-state index is -0.684. The summed E-state index contributed by atoms with van der Waals surface area (Å²) in [6.45, 7) is 8.60. The highest BCUT2D eigenvalue weighted by molar-refractivity contribution is 6.02. The van der Waals surface area contributed by atoms with Gasteiger partial charge in [-0.05, 0) is 51.3 Å². The highest BCUT2D eigenvalue weighted by Crippen LogP contribution is 2.20. The minimum Gasteiger partial charge on any atom is -0.465 e. The summed E-state index contributed by atoms with van der Waals surface area (Å²) in [4.78, 5) is 39.5. The number of Topliss-reactive ketones (excluding diaryl/α,β-unsaturated/α-hetero) is 1. The minimum absolute atomic E-state index is 0.146. The number of esters is 2. The summed E-state index contributed by atoms with van der Waals surface area (Å²) in [5.74, 6) is -1.48. The van der Waals surface area contributed by atoms with E-state index in [0.29, 0.717) is 22.4 Å². The summed E-state index contributed by atoms with van der Waals surface area (Å²) in [6, 6.07) is 3.84. The molecule has 0 bridgehead atoms. The summed E-state index contributed by atoms with van der Waals surface area (Å²) in [5, 5.41) is 0. The number of aromatic nitrogens is 1. The number of nitrogens with one attached hydrogen (secondary N) is 1. The summed E-state index contributed by atoms with van der Waals surface area (Å²) in [7, 11) is 1.27. The van der Waals surface area contributed by atoms with Crippen molar-refractivity contribution >= 4 is 17.7 Å². The van der Waals surface area contributed by atoms with Crippen molar-refractivity contribution < 1.29 is 23.9 Å². The van der Waals surface area contributed by atoms with Crippen molar-refractivity contribution in [1.29, 1.82) is 0 Å². The Balaban J connectivity index is 2.17. The molecule has 0 aliphatic carbocycles. The molecule has 1 aromatic heterocycles. The molecule has 0 saturated heterocycles. The molecule has 1 aromatic carbocycles. The molecule has 0 radical (unpaired) electrons. The molecule has 0 aliphatic heterocycles. The number of ketones is 1. The molecule has 2 rings (SSSR count). The van der Waals surface area contributed by atoms with Gasteiger partial charge in [-0.25, -0.2) is 9.59 Å². The molecule has 0 atom stereocenters. The maximum absolute atomic E-state index is 12.5. The van der Waals surface area contributed by atoms with Crippen LogP contribution in [0.15, 0.2) is 12.1 Å². The molecule has 1 N–H and O–H groups in total. The monoisotopic (exact) mass is 357 g/mol. The van der Waals surface area contributed by atoms with Gasteiger partial charge in [0, 0.05) is 11.3 Å². The Labute approximate surface area is 152 Å². The zero-order valence-electron chi connectivity index (χ0n) is 15.9. The fraction of sp³-hybridized carbons (Fsp3) is 0.350. The number of hydrogen-bond donors (Lipinski definition) is 1. The Morgan fingerprint density at radius 1 is 0.923 bits per heavy atom. The van der Waals surface area contributed by atoms with Crippen LogP contribution in [0.4, 0.5) is 0 Å². The molecule has 0 fully saturated rings. The lowest BCUT2D eigenvalue weighted by atomic mass is 9.97. The van der Waals surface area contributed by atoms with E-state index >= 15 is 0 Å². The summed E-state index contributed by atoms with van der Waals surface area (Å²) in [5.41, 5.74) is 4.74. The SMILES string of the molecule is COC(=O)c1c(C)[nH]c(C(=O)OCC(=O)c2c(C)cc(C)cc2C)c1C. The number of aryl methyl sites for hydroxylation is 4. The predicted molar refractivity (Wildman–Crippen MR) is 96.9 cm³/mol. The number of methoxy groups -OCH3 is 1. The normalized spacial score (nSPS) is 10.5. The van der Waals surface area contributed by atoms with Crippen molar-refractivity contribution in [1.82, 2.24) is 4.98 Å². The largest absolute Gasteiger partial charge is 0.465 e. The van der Waals surface area contributed by atoms with Crippen LogP contribution >= 0.6 is 0 Å². The van der Waals surface area contributed by atoms with Gasteiger partial charge in [-0.2, -0.15) is 0 Å². The van der Waals surface area contributed by atoms with Crippen LogP contribution in [-0.2, 0) is 9.47 Å². The number of rotatable bonds is 5. The summed E-state index contributed by atoms with van der Waals surface area (Å²) < 4.78 is 9.89. The first kappa shape index (κ1) is 19.4. The van der Waals surface area contributed by atoms with Gasteiger partial charge < -0.3 is 14.5 Å². The average molecular weight is 357 g/mol. The molecule has 0 spiro atoms. The first-order valence-corrected chi connectivity index (χ1v) is 8.23. The van der Waals surface area contributed by atoms with Crippen LogP contribution in [0.2, 0.25) is 0 Å². The van der Waals surface area contributed by atoms with Crippen molar-refractivity contribution in [2.75, 3.05) is 13.7 Å². The number of carbonyl (C=O) groups is 3. The first-order valence-electron chi connectivity index (χ1n) is 8.23. The molecule has 0 amide bonds. The molecule has 0 unspecified atom stereocenters. The van der Waals surface area contributed by atoms with Gasteiger partial charge in [0.25, 0.3) is 0 Å². The Kier molecular flexibility index (Phi) is 5.65. The van der Waals surface area contributed by atoms with Crippen molar-refractivity contribution in [3.63, 3.8) is 0 Å². The van der Waals surface area contributed by atoms with E-state index in [0.717, 1.165) is 16.7 Å². The summed E-state index contributed by atoms with van der Waals surface area (Å²) in [6.07, 6.45) is 0. The highest BCUT2D eigenvalue weighted by atomic mass is 16.5. The van der Waals surface area contributed by atoms with Gasteiger partial charge in [-0.3, -0.25) is 4.79 Å². The molecule has 6 heteroatoms. The lowest BCUT2D eigenvalue weighted by Crippen LogP contribution is -2.17. The zero-order chi connectivity index (χ0) is 19.6. The van der Waals surface area contributed by atoms with Crippen LogP contribution in [0, 0.1) is 34.6 Å². The zero-order valence-corrected chi connectivity index (χ0v) is 15.9. The van der Waals surface area contributed by atoms with Crippen molar-refractivity contribution in [2.45, 2.75) is 34.6 Å². The second-order valence-electron chi connectivity index (χ2n) is 6.39. The lowest BCUT2D eigenvalue weighted by molar-refractivity contribution is 0.0468. The van der Waals surface area contributed by atoms with Gasteiger partial charge in [0.1, 0.15) is 5.69 Å². The van der Waals surface area contributed by atoms with Crippen LogP contribution < -0.4 is 0 Å². The van der Waals surface area contributed by atoms with Crippen LogP contribution in [-0.4, -0.2) is 36.4 Å². The van der Waals surface area contributed by atoms with Gasteiger partial charge >= 0.3 is 11.9 Å². The van der Waals surface area contributed by atoms with E-state index in [1.807, 2.05) is 32.9 Å². The van der Waals surface area contributed by atoms with Gasteiger partial charge in [0.05, 0.1) is 12.7 Å². The third kappa shape index (κ3) is 3.69. The number of aromatic amines is 1. The third-order valence-corrected chi connectivity index (χ3v) is 4.32. The number of H-pyrrole nitrogens is 1. The molecule has 1 heterocycles. The number of carbonyl (C=O) groups excluding carboxylic acids is 3. The van der Waals surface area contributed by atoms with Crippen LogP contribution in [0.1, 0.15) is 59.2 Å². The maximum Gasteiger partial charge on any atom is 0.355 e. The average Bonchev–Trinajstić information content (AvgIpc) is 2.85. The van der Waals surface area contributed by atoms with E-state index in [9.17, 15) is 14.4 Å². The molecule has 6 nitrogen and oxygen atoms in total. The molecular formula is C20H23NO5. The molecule has 26 heavy (non-hydrogen) atoms. The third-order valence-electron chi connectivity index (χ3n) is 4.32. The molecule has 0 aliphatic rings. The first-order chi connectivity index (χ1) is 12.2. The van der Waals surface area contributed by atoms with E-state index in [2.05, 4.69) is 4.98 Å². The number of hydrogen-bond acceptors (Lipinski definition) is 5. The van der Waals surface area contributed by atoms with Gasteiger partial charge in [0.2, 0.25) is 5.78 Å². The van der Waals surface area contributed by atoms with Crippen molar-refractivity contribution in [3.8, 4) is 0 Å². The second-order valence-corrected chi connectivity index (χ2v) is 6.39. The standard InChI is InChI=1S/C20H23NO5/c1-10-7-11(2)16(12(3)8-10)15(22)9-26-20(24)18-13(4)17(14(5)21-18)19(23)25-6/h7-8,21H,9H2,1-6H3. The molecule has 2 aromatic rings. The van der Waals surface area contributed by atoms with E-state index in [-0.39, 0.29) is 18.1 Å². The fourth-order valence-electron chi connectivity index (χ4n) is 3.26. The Morgan fingerprint density at radius 2 is 1.50 bits per heavy atom. The topological polar surface area (TPSA) is 85.5 Å². The molecule has 138 valence electrons. The van der Waals surface area contributed by atoms with Crippen molar-refractivity contribution in [2.24, 2.45) is 0 Å². The smallest absolute Gasteiger partial charge is 0.355 e. The Hall–Kier alpha value is -2.89. The van der Waals surface area contributed by atoms with Crippen LogP contribution in [0.5, 0.6) is 0 Å². The fourth-order valence-corrected chi connectivity index (χ4v) is 3.26. The van der Waals surface area contributed by atoms with Crippen LogP contribution in [0.25, 0.3) is 0 Å². The van der Waals surface area contributed by atoms with Crippen LogP contribution in [0.3, 0.4) is 0 Å². The summed E-state index contributed by atoms with van der Waals surface area (Å²) >= 11 is 0. The van der Waals surface area contributed by atoms with E-state index in [4.69, 9.17) is 9.47 Å². The van der Waals surface area contributed by atoms with Crippen molar-refractivity contribution in [3.05, 3.63) is 56.9 Å². The Morgan fingerprint density at radius 3 is 2.04 bits per heavy atom. The van der Waals surface area contributed by atoms with E-state index < -0.39 is 11.9 Å². The molecular weight excluding hydrogens is 334 g/mol. The molecule has 0 saturated carbocycles. The number of ether oxygens (including phenoxy) is 2. The van der Waals surface area contributed by atoms with Gasteiger partial charge in [-0.1, -0.05) is 17.7 Å². The van der Waals surface area contributed by atoms with Gasteiger partial charge in [0.15, 0.2) is 6.61 Å². The number of benzene rings is 1. The maximum atomic E-state index is 12.5. The van der Waals surface area contributed by atoms with Gasteiger partial charge in [-0.15, -0.1) is 0 Å². The predicted octanol–water partition coefficient (Wildman–Crippen LogP) is 3.38.